The molecule has 0 unspecified atom stereocenters. The quantitative estimate of drug-likeness (QED) is 0.874. The van der Waals surface area contributed by atoms with Crippen molar-refractivity contribution in [3.05, 3.63) is 53.4 Å². The Labute approximate surface area is 146 Å². The Morgan fingerprint density at radius 2 is 2.00 bits per heavy atom. The van der Waals surface area contributed by atoms with E-state index in [0.717, 1.165) is 11.3 Å². The van der Waals surface area contributed by atoms with Crippen LogP contribution in [0.5, 0.6) is 0 Å². The average molecular weight is 335 g/mol. The van der Waals surface area contributed by atoms with Crippen molar-refractivity contribution in [3.63, 3.8) is 0 Å². The Bertz CT molecular complexity index is 890. The van der Waals surface area contributed by atoms with E-state index in [4.69, 9.17) is 0 Å². The number of carbonyl (C=O) groups is 2. The molecule has 25 heavy (non-hydrogen) atoms. The molecule has 1 fully saturated rings. The van der Waals surface area contributed by atoms with Crippen LogP contribution >= 0.6 is 0 Å². The van der Waals surface area contributed by atoms with Crippen molar-refractivity contribution in [2.75, 3.05) is 16.8 Å². The second kappa shape index (κ2) is 5.92. The Morgan fingerprint density at radius 1 is 1.24 bits per heavy atom. The van der Waals surface area contributed by atoms with Crippen LogP contribution in [-0.2, 0) is 9.59 Å². The number of hydrogen-bond acceptors (Lipinski definition) is 2. The fourth-order valence-electron chi connectivity index (χ4n) is 3.55. The van der Waals surface area contributed by atoms with Crippen LogP contribution in [0.3, 0.4) is 0 Å². The van der Waals surface area contributed by atoms with Crippen molar-refractivity contribution in [2.24, 2.45) is 0 Å². The molecule has 2 heterocycles. The topological polar surface area (TPSA) is 54.3 Å². The van der Waals surface area contributed by atoms with E-state index in [1.165, 1.54) is 29.1 Å². The number of nitrogens with one attached hydrogen (secondary N) is 1. The monoisotopic (exact) mass is 335 g/mol. The Morgan fingerprint density at radius 3 is 2.76 bits per heavy atom. The fourth-order valence-corrected chi connectivity index (χ4v) is 3.55. The van der Waals surface area contributed by atoms with E-state index in [-0.39, 0.29) is 18.4 Å². The first-order valence-electron chi connectivity index (χ1n) is 8.61. The highest BCUT2D eigenvalue weighted by atomic mass is 16.2. The number of rotatable bonds is 3. The van der Waals surface area contributed by atoms with Gasteiger partial charge in [-0.15, -0.1) is 0 Å². The molecule has 5 nitrogen and oxygen atoms in total. The summed E-state index contributed by atoms with van der Waals surface area (Å²) in [5, 5.41) is 2.80. The van der Waals surface area contributed by atoms with Crippen LogP contribution in [0.4, 0.5) is 11.4 Å². The van der Waals surface area contributed by atoms with Crippen LogP contribution in [0.25, 0.3) is 6.08 Å². The molecule has 1 aromatic carbocycles. The van der Waals surface area contributed by atoms with Crippen molar-refractivity contribution in [2.45, 2.75) is 32.7 Å². The van der Waals surface area contributed by atoms with Crippen molar-refractivity contribution >= 4 is 29.3 Å². The van der Waals surface area contributed by atoms with E-state index < -0.39 is 0 Å². The molecule has 0 radical (unpaired) electrons. The van der Waals surface area contributed by atoms with Crippen LogP contribution in [-0.4, -0.2) is 22.9 Å². The highest BCUT2D eigenvalue weighted by Crippen LogP contribution is 2.38. The van der Waals surface area contributed by atoms with Gasteiger partial charge in [0.05, 0.1) is 11.4 Å². The third-order valence-corrected chi connectivity index (χ3v) is 4.88. The molecule has 0 spiro atoms. The summed E-state index contributed by atoms with van der Waals surface area (Å²) in [5.41, 5.74) is 4.90. The number of aryl methyl sites for hydroxylation is 1. The molecule has 5 heteroatoms. The third kappa shape index (κ3) is 2.86. The lowest BCUT2D eigenvalue weighted by molar-refractivity contribution is -0.119. The second-order valence-electron chi connectivity index (χ2n) is 6.75. The Balaban J connectivity index is 1.59. The zero-order valence-electron chi connectivity index (χ0n) is 14.5. The summed E-state index contributed by atoms with van der Waals surface area (Å²) < 4.78 is 2.35. The molecule has 2 aliphatic rings. The summed E-state index contributed by atoms with van der Waals surface area (Å²) in [6.07, 6.45) is 5.89. The summed E-state index contributed by atoms with van der Waals surface area (Å²) in [6, 6.07) is 10.1. The molecule has 1 aliphatic carbocycles. The SMILES string of the molecule is Cc1cc(C=CC(=O)N2CC(=O)Nc3ccccc32)c(C)n1C1CC1. The minimum Gasteiger partial charge on any atom is -0.346 e. The Hall–Kier alpha value is -2.82. The number of benzene rings is 1. The molecule has 0 saturated heterocycles. The van der Waals surface area contributed by atoms with E-state index >= 15 is 0 Å². The standard InChI is InChI=1S/C20H21N3O2/c1-13-11-15(14(2)23(13)16-8-9-16)7-10-20(25)22-12-19(24)21-17-5-3-4-6-18(17)22/h3-7,10-11,16H,8-9,12H2,1-2H3,(H,21,24). The minimum absolute atomic E-state index is 0.0429. The Kier molecular flexibility index (Phi) is 3.71. The average Bonchev–Trinajstić information content (AvgIpc) is 3.38. The molecule has 1 aromatic heterocycles. The van der Waals surface area contributed by atoms with Gasteiger partial charge in [0.25, 0.3) is 5.91 Å². The molecule has 0 bridgehead atoms. The number of anilines is 2. The van der Waals surface area contributed by atoms with Gasteiger partial charge < -0.3 is 9.88 Å². The summed E-state index contributed by atoms with van der Waals surface area (Å²) in [4.78, 5) is 26.1. The predicted molar refractivity (Wildman–Crippen MR) is 98.6 cm³/mol. The molecule has 128 valence electrons. The molecular weight excluding hydrogens is 314 g/mol. The second-order valence-corrected chi connectivity index (χ2v) is 6.75. The highest BCUT2D eigenvalue weighted by Gasteiger charge is 2.27. The summed E-state index contributed by atoms with van der Waals surface area (Å²) in [6.45, 7) is 4.25. The smallest absolute Gasteiger partial charge is 0.251 e. The summed E-state index contributed by atoms with van der Waals surface area (Å²) in [5.74, 6) is -0.356. The third-order valence-electron chi connectivity index (χ3n) is 4.88. The van der Waals surface area contributed by atoms with E-state index in [2.05, 4.69) is 29.8 Å². The van der Waals surface area contributed by atoms with Gasteiger partial charge in [-0.05, 0) is 56.5 Å². The van der Waals surface area contributed by atoms with Crippen molar-refractivity contribution < 1.29 is 9.59 Å². The molecule has 0 atom stereocenters. The molecule has 2 amide bonds. The zero-order chi connectivity index (χ0) is 17.6. The maximum Gasteiger partial charge on any atom is 0.251 e. The lowest BCUT2D eigenvalue weighted by Crippen LogP contribution is -2.41. The first kappa shape index (κ1) is 15.7. The first-order chi connectivity index (χ1) is 12.0. The number of nitrogens with zero attached hydrogens (tertiary/aromatic N) is 2. The van der Waals surface area contributed by atoms with E-state index in [0.29, 0.717) is 11.7 Å². The van der Waals surface area contributed by atoms with Crippen molar-refractivity contribution in [1.29, 1.82) is 0 Å². The molecule has 1 aliphatic heterocycles. The van der Waals surface area contributed by atoms with E-state index in [1.54, 1.807) is 12.1 Å². The summed E-state index contributed by atoms with van der Waals surface area (Å²) in [7, 11) is 0. The van der Waals surface area contributed by atoms with Crippen LogP contribution in [0.1, 0.15) is 35.8 Å². The van der Waals surface area contributed by atoms with E-state index in [1.807, 2.05) is 24.3 Å². The van der Waals surface area contributed by atoms with Crippen LogP contribution < -0.4 is 10.2 Å². The number of aromatic nitrogens is 1. The van der Waals surface area contributed by atoms with Gasteiger partial charge in [-0.1, -0.05) is 12.1 Å². The molecule has 1 saturated carbocycles. The molecule has 1 N–H and O–H groups in total. The number of fused-ring (bicyclic) bond motifs is 1. The number of hydrogen-bond donors (Lipinski definition) is 1. The lowest BCUT2D eigenvalue weighted by atomic mass is 10.1. The van der Waals surface area contributed by atoms with Gasteiger partial charge >= 0.3 is 0 Å². The minimum atomic E-state index is -0.182. The van der Waals surface area contributed by atoms with Gasteiger partial charge in [0.15, 0.2) is 0 Å². The number of amides is 2. The first-order valence-corrected chi connectivity index (χ1v) is 8.61. The highest BCUT2D eigenvalue weighted by molar-refractivity contribution is 6.13. The van der Waals surface area contributed by atoms with Crippen molar-refractivity contribution in [3.8, 4) is 0 Å². The van der Waals surface area contributed by atoms with Gasteiger partial charge in [0.1, 0.15) is 6.54 Å². The van der Waals surface area contributed by atoms with Gasteiger partial charge in [-0.2, -0.15) is 0 Å². The fraction of sp³-hybridized carbons (Fsp3) is 0.300. The van der Waals surface area contributed by atoms with Crippen molar-refractivity contribution in [1.82, 2.24) is 4.57 Å². The zero-order valence-corrected chi connectivity index (χ0v) is 14.5. The largest absolute Gasteiger partial charge is 0.346 e. The molecule has 4 rings (SSSR count). The predicted octanol–water partition coefficient (Wildman–Crippen LogP) is 3.44. The van der Waals surface area contributed by atoms with E-state index in [9.17, 15) is 9.59 Å². The molecule has 2 aromatic rings. The van der Waals surface area contributed by atoms with Gasteiger partial charge in [-0.3, -0.25) is 14.5 Å². The van der Waals surface area contributed by atoms with Gasteiger partial charge in [0, 0.05) is 23.5 Å². The number of para-hydroxylation sites is 2. The van der Waals surface area contributed by atoms with Gasteiger partial charge in [0.2, 0.25) is 5.91 Å². The normalized spacial score (nSPS) is 16.9. The summed E-state index contributed by atoms with van der Waals surface area (Å²) >= 11 is 0. The lowest BCUT2D eigenvalue weighted by Gasteiger charge is -2.28. The maximum absolute atomic E-state index is 12.7. The number of carbonyl (C=O) groups excluding carboxylic acids is 2. The van der Waals surface area contributed by atoms with Crippen LogP contribution in [0.2, 0.25) is 0 Å². The van der Waals surface area contributed by atoms with Gasteiger partial charge in [-0.25, -0.2) is 0 Å². The maximum atomic E-state index is 12.7. The van der Waals surface area contributed by atoms with Crippen LogP contribution in [0.15, 0.2) is 36.4 Å². The van der Waals surface area contributed by atoms with Crippen LogP contribution in [0, 0.1) is 13.8 Å². The molecular formula is C20H21N3O2.